The predicted octanol–water partition coefficient (Wildman–Crippen LogP) is 4.44. The van der Waals surface area contributed by atoms with Gasteiger partial charge in [0.25, 0.3) is 0 Å². The van der Waals surface area contributed by atoms with Crippen molar-refractivity contribution in [2.45, 2.75) is 82.8 Å². The Balaban J connectivity index is 1.45. The SMILES string of the molecule is CN[C@H](C)C(=O)N[C@H](C(=O)N1CCC[C@H]1CN(CCc1ccccc1)CCc1ccccc1)C1CCCCC1. The molecule has 1 saturated heterocycles. The highest BCUT2D eigenvalue weighted by Gasteiger charge is 2.39. The maximum Gasteiger partial charge on any atom is 0.245 e. The third-order valence-electron chi connectivity index (χ3n) is 8.76. The Morgan fingerprint density at radius 3 is 2.03 bits per heavy atom. The normalized spacial score (nSPS) is 19.7. The molecule has 1 aliphatic heterocycles. The minimum atomic E-state index is -0.420. The molecule has 3 atom stereocenters. The summed E-state index contributed by atoms with van der Waals surface area (Å²) < 4.78 is 0. The van der Waals surface area contributed by atoms with Crippen molar-refractivity contribution in [1.29, 1.82) is 0 Å². The summed E-state index contributed by atoms with van der Waals surface area (Å²) in [6, 6.07) is 20.8. The molecular weight excluding hydrogens is 484 g/mol. The van der Waals surface area contributed by atoms with Crippen molar-refractivity contribution in [3.05, 3.63) is 71.8 Å². The van der Waals surface area contributed by atoms with Crippen LogP contribution in [-0.4, -0.2) is 73.0 Å². The molecule has 2 N–H and O–H groups in total. The Kier molecular flexibility index (Phi) is 11.4. The molecule has 1 saturated carbocycles. The minimum Gasteiger partial charge on any atom is -0.343 e. The lowest BCUT2D eigenvalue weighted by atomic mass is 9.83. The lowest BCUT2D eigenvalue weighted by molar-refractivity contribution is -0.139. The van der Waals surface area contributed by atoms with Crippen LogP contribution in [0.15, 0.2) is 60.7 Å². The lowest BCUT2D eigenvalue weighted by Crippen LogP contribution is -2.57. The molecule has 0 bridgehead atoms. The van der Waals surface area contributed by atoms with E-state index >= 15 is 0 Å². The van der Waals surface area contributed by atoms with Crippen LogP contribution in [-0.2, 0) is 22.4 Å². The van der Waals surface area contributed by atoms with Crippen LogP contribution in [0.3, 0.4) is 0 Å². The summed E-state index contributed by atoms with van der Waals surface area (Å²) in [6.07, 6.45) is 9.59. The first-order chi connectivity index (χ1) is 19.0. The van der Waals surface area contributed by atoms with Gasteiger partial charge in [-0.25, -0.2) is 0 Å². The number of carbonyl (C=O) groups is 2. The summed E-state index contributed by atoms with van der Waals surface area (Å²) in [4.78, 5) is 31.7. The predicted molar refractivity (Wildman–Crippen MR) is 158 cm³/mol. The summed E-state index contributed by atoms with van der Waals surface area (Å²) in [6.45, 7) is 5.46. The fourth-order valence-corrected chi connectivity index (χ4v) is 6.21. The monoisotopic (exact) mass is 532 g/mol. The fraction of sp³-hybridized carbons (Fsp3) is 0.576. The summed E-state index contributed by atoms with van der Waals surface area (Å²) in [5.41, 5.74) is 2.69. The maximum atomic E-state index is 14.1. The van der Waals surface area contributed by atoms with E-state index in [0.717, 1.165) is 77.5 Å². The van der Waals surface area contributed by atoms with Crippen LogP contribution in [0.2, 0.25) is 0 Å². The van der Waals surface area contributed by atoms with Crippen LogP contribution in [0.25, 0.3) is 0 Å². The Morgan fingerprint density at radius 1 is 0.872 bits per heavy atom. The molecule has 2 aromatic carbocycles. The number of rotatable bonds is 13. The average Bonchev–Trinajstić information content (AvgIpc) is 3.46. The summed E-state index contributed by atoms with van der Waals surface area (Å²) in [5.74, 6) is 0.282. The van der Waals surface area contributed by atoms with E-state index < -0.39 is 6.04 Å². The number of hydrogen-bond donors (Lipinski definition) is 2. The Hall–Kier alpha value is -2.70. The first-order valence-electron chi connectivity index (χ1n) is 15.1. The van der Waals surface area contributed by atoms with Gasteiger partial charge in [-0.05, 0) is 69.5 Å². The molecule has 2 fully saturated rings. The van der Waals surface area contributed by atoms with Gasteiger partial charge in [-0.3, -0.25) is 9.59 Å². The van der Waals surface area contributed by atoms with E-state index in [2.05, 4.69) is 81.1 Å². The molecule has 0 spiro atoms. The lowest BCUT2D eigenvalue weighted by Gasteiger charge is -2.37. The summed E-state index contributed by atoms with van der Waals surface area (Å²) >= 11 is 0. The van der Waals surface area contributed by atoms with Crippen molar-refractivity contribution in [3.63, 3.8) is 0 Å². The van der Waals surface area contributed by atoms with Crippen LogP contribution < -0.4 is 10.6 Å². The van der Waals surface area contributed by atoms with Crippen molar-refractivity contribution in [1.82, 2.24) is 20.4 Å². The highest BCUT2D eigenvalue weighted by atomic mass is 16.2. The molecule has 2 amide bonds. The number of hydrogen-bond acceptors (Lipinski definition) is 4. The van der Waals surface area contributed by atoms with Gasteiger partial charge in [0.1, 0.15) is 6.04 Å². The van der Waals surface area contributed by atoms with Gasteiger partial charge in [-0.2, -0.15) is 0 Å². The number of likely N-dealkylation sites (tertiary alicyclic amines) is 1. The quantitative estimate of drug-likeness (QED) is 0.400. The van der Waals surface area contributed by atoms with Crippen LogP contribution in [0.5, 0.6) is 0 Å². The third kappa shape index (κ3) is 8.64. The van der Waals surface area contributed by atoms with E-state index in [1.807, 2.05) is 6.92 Å². The molecule has 0 unspecified atom stereocenters. The first-order valence-corrected chi connectivity index (χ1v) is 15.1. The number of carbonyl (C=O) groups excluding carboxylic acids is 2. The third-order valence-corrected chi connectivity index (χ3v) is 8.76. The Labute approximate surface area is 235 Å². The first kappa shape index (κ1) is 29.3. The van der Waals surface area contributed by atoms with Gasteiger partial charge in [0.2, 0.25) is 11.8 Å². The largest absolute Gasteiger partial charge is 0.343 e. The second kappa shape index (κ2) is 15.2. The molecule has 2 aromatic rings. The zero-order valence-electron chi connectivity index (χ0n) is 24.0. The van der Waals surface area contributed by atoms with Gasteiger partial charge in [0, 0.05) is 32.2 Å². The molecule has 2 aliphatic rings. The van der Waals surface area contributed by atoms with E-state index in [4.69, 9.17) is 0 Å². The molecule has 6 nitrogen and oxygen atoms in total. The van der Waals surface area contributed by atoms with Crippen LogP contribution in [0, 0.1) is 5.92 Å². The molecule has 1 heterocycles. The molecule has 1 aliphatic carbocycles. The summed E-state index contributed by atoms with van der Waals surface area (Å²) in [7, 11) is 1.79. The number of likely N-dealkylation sites (N-methyl/N-ethyl adjacent to an activating group) is 1. The average molecular weight is 533 g/mol. The number of nitrogens with one attached hydrogen (secondary N) is 2. The van der Waals surface area contributed by atoms with Crippen molar-refractivity contribution in [2.75, 3.05) is 33.2 Å². The van der Waals surface area contributed by atoms with Crippen LogP contribution in [0.1, 0.15) is 63.0 Å². The second-order valence-corrected chi connectivity index (χ2v) is 11.5. The van der Waals surface area contributed by atoms with E-state index in [-0.39, 0.29) is 29.8 Å². The van der Waals surface area contributed by atoms with E-state index in [0.29, 0.717) is 0 Å². The van der Waals surface area contributed by atoms with Crippen molar-refractivity contribution in [3.8, 4) is 0 Å². The maximum absolute atomic E-state index is 14.1. The van der Waals surface area contributed by atoms with Gasteiger partial charge in [0.05, 0.1) is 6.04 Å². The summed E-state index contributed by atoms with van der Waals surface area (Å²) in [5, 5.41) is 6.20. The van der Waals surface area contributed by atoms with Gasteiger partial charge < -0.3 is 20.4 Å². The smallest absolute Gasteiger partial charge is 0.245 e. The van der Waals surface area contributed by atoms with Gasteiger partial charge in [0.15, 0.2) is 0 Å². The molecular formula is C33H48N4O2. The van der Waals surface area contributed by atoms with E-state index in [1.54, 1.807) is 7.05 Å². The molecule has 6 heteroatoms. The van der Waals surface area contributed by atoms with E-state index in [9.17, 15) is 9.59 Å². The van der Waals surface area contributed by atoms with Gasteiger partial charge >= 0.3 is 0 Å². The Bertz CT molecular complexity index is 965. The molecule has 39 heavy (non-hydrogen) atoms. The zero-order valence-corrected chi connectivity index (χ0v) is 24.0. The van der Waals surface area contributed by atoms with Crippen LogP contribution in [0.4, 0.5) is 0 Å². The van der Waals surface area contributed by atoms with Crippen LogP contribution >= 0.6 is 0 Å². The van der Waals surface area contributed by atoms with E-state index in [1.165, 1.54) is 17.5 Å². The van der Waals surface area contributed by atoms with Crippen molar-refractivity contribution >= 4 is 11.8 Å². The molecule has 212 valence electrons. The second-order valence-electron chi connectivity index (χ2n) is 11.5. The highest BCUT2D eigenvalue weighted by molar-refractivity contribution is 5.90. The molecule has 0 radical (unpaired) electrons. The minimum absolute atomic E-state index is 0.0791. The fourth-order valence-electron chi connectivity index (χ4n) is 6.21. The molecule has 4 rings (SSSR count). The highest BCUT2D eigenvalue weighted by Crippen LogP contribution is 2.29. The topological polar surface area (TPSA) is 64.7 Å². The van der Waals surface area contributed by atoms with Gasteiger partial charge in [-0.15, -0.1) is 0 Å². The zero-order chi connectivity index (χ0) is 27.5. The number of benzene rings is 2. The van der Waals surface area contributed by atoms with Gasteiger partial charge in [-0.1, -0.05) is 79.9 Å². The van der Waals surface area contributed by atoms with Crippen molar-refractivity contribution < 1.29 is 9.59 Å². The number of nitrogens with zero attached hydrogens (tertiary/aromatic N) is 2. The Morgan fingerprint density at radius 2 is 1.46 bits per heavy atom. The number of amides is 2. The molecule has 0 aromatic heterocycles. The van der Waals surface area contributed by atoms with Crippen molar-refractivity contribution in [2.24, 2.45) is 5.92 Å². The standard InChI is InChI=1S/C33H48N4O2/c1-26(34-2)32(38)35-31(29-17-10-5-11-18-29)33(39)37-22-12-19-30(37)25-36(23-20-27-13-6-3-7-14-27)24-21-28-15-8-4-9-16-28/h3-4,6-9,13-16,26,29-31,34H,5,10-12,17-25H2,1-2H3,(H,35,38)/t26-,30+,31+/m1/s1.